The molecule has 3 rings (SSSR count). The van der Waals surface area contributed by atoms with Gasteiger partial charge in [0.05, 0.1) is 16.4 Å². The van der Waals surface area contributed by atoms with Crippen LogP contribution in [0.4, 0.5) is 5.95 Å². The van der Waals surface area contributed by atoms with Gasteiger partial charge in [0.15, 0.2) is 0 Å². The normalized spacial score (nSPS) is 10.1. The van der Waals surface area contributed by atoms with E-state index in [0.717, 1.165) is 5.56 Å². The lowest BCUT2D eigenvalue weighted by Gasteiger charge is -2.12. The highest BCUT2D eigenvalue weighted by Crippen LogP contribution is 2.33. The standard InChI is InChI=1S/C18H13ClN4/c1-21-18-22-16(12-7-3-2-4-8-12)14(11-20)17(23-18)13-9-5-6-10-15(13)19/h2-10H,1H3,(H,21,22,23). The van der Waals surface area contributed by atoms with Crippen molar-refractivity contribution in [3.8, 4) is 28.6 Å². The summed E-state index contributed by atoms with van der Waals surface area (Å²) in [6.07, 6.45) is 0. The van der Waals surface area contributed by atoms with Crippen LogP contribution in [-0.2, 0) is 0 Å². The van der Waals surface area contributed by atoms with Crippen LogP contribution in [0.15, 0.2) is 54.6 Å². The van der Waals surface area contributed by atoms with Gasteiger partial charge in [-0.2, -0.15) is 5.26 Å². The number of aromatic nitrogens is 2. The summed E-state index contributed by atoms with van der Waals surface area (Å²) in [5, 5.41) is 13.2. The van der Waals surface area contributed by atoms with Crippen LogP contribution in [0, 0.1) is 11.3 Å². The molecule has 1 aromatic heterocycles. The quantitative estimate of drug-likeness (QED) is 0.778. The zero-order valence-corrected chi connectivity index (χ0v) is 13.2. The number of hydrogen-bond acceptors (Lipinski definition) is 4. The second-order valence-electron chi connectivity index (χ2n) is 4.83. The Labute approximate surface area is 139 Å². The molecule has 0 bridgehead atoms. The molecule has 0 radical (unpaired) electrons. The Morgan fingerprint density at radius 2 is 1.61 bits per heavy atom. The molecule has 1 N–H and O–H groups in total. The first-order chi connectivity index (χ1) is 11.2. The Morgan fingerprint density at radius 1 is 0.957 bits per heavy atom. The van der Waals surface area contributed by atoms with Gasteiger partial charge in [0.25, 0.3) is 0 Å². The molecule has 0 aliphatic rings. The van der Waals surface area contributed by atoms with Crippen LogP contribution >= 0.6 is 11.6 Å². The summed E-state index contributed by atoms with van der Waals surface area (Å²) >= 11 is 6.29. The molecule has 3 aromatic rings. The fourth-order valence-electron chi connectivity index (χ4n) is 2.33. The number of nitrogens with one attached hydrogen (secondary N) is 1. The van der Waals surface area contributed by atoms with Gasteiger partial charge >= 0.3 is 0 Å². The third-order valence-electron chi connectivity index (χ3n) is 3.42. The van der Waals surface area contributed by atoms with Crippen LogP contribution in [-0.4, -0.2) is 17.0 Å². The first kappa shape index (κ1) is 15.0. The van der Waals surface area contributed by atoms with E-state index in [1.165, 1.54) is 0 Å². The van der Waals surface area contributed by atoms with Crippen molar-refractivity contribution in [3.63, 3.8) is 0 Å². The third-order valence-corrected chi connectivity index (χ3v) is 3.75. The van der Waals surface area contributed by atoms with Crippen LogP contribution in [0.25, 0.3) is 22.5 Å². The minimum Gasteiger partial charge on any atom is -0.357 e. The predicted molar refractivity (Wildman–Crippen MR) is 92.2 cm³/mol. The maximum absolute atomic E-state index is 9.68. The van der Waals surface area contributed by atoms with Crippen molar-refractivity contribution >= 4 is 17.5 Å². The van der Waals surface area contributed by atoms with E-state index in [0.29, 0.717) is 33.5 Å². The molecule has 0 fully saturated rings. The van der Waals surface area contributed by atoms with Crippen molar-refractivity contribution in [2.24, 2.45) is 0 Å². The van der Waals surface area contributed by atoms with Crippen LogP contribution < -0.4 is 5.32 Å². The first-order valence-electron chi connectivity index (χ1n) is 7.05. The first-order valence-corrected chi connectivity index (χ1v) is 7.42. The average Bonchev–Trinajstić information content (AvgIpc) is 2.61. The van der Waals surface area contributed by atoms with Crippen molar-refractivity contribution in [1.82, 2.24) is 9.97 Å². The van der Waals surface area contributed by atoms with E-state index in [9.17, 15) is 5.26 Å². The lowest BCUT2D eigenvalue weighted by Crippen LogP contribution is -2.03. The monoisotopic (exact) mass is 320 g/mol. The Balaban J connectivity index is 2.33. The van der Waals surface area contributed by atoms with Gasteiger partial charge in [-0.3, -0.25) is 0 Å². The molecular weight excluding hydrogens is 308 g/mol. The van der Waals surface area contributed by atoms with Crippen LogP contribution in [0.1, 0.15) is 5.56 Å². The van der Waals surface area contributed by atoms with E-state index in [-0.39, 0.29) is 0 Å². The van der Waals surface area contributed by atoms with E-state index in [1.54, 1.807) is 13.1 Å². The molecule has 0 amide bonds. The molecule has 2 aromatic carbocycles. The number of rotatable bonds is 3. The summed E-state index contributed by atoms with van der Waals surface area (Å²) in [4.78, 5) is 8.91. The molecule has 5 heteroatoms. The molecule has 0 atom stereocenters. The number of anilines is 1. The molecule has 0 aliphatic carbocycles. The second-order valence-corrected chi connectivity index (χ2v) is 5.23. The lowest BCUT2D eigenvalue weighted by atomic mass is 10.0. The van der Waals surface area contributed by atoms with Crippen molar-refractivity contribution in [2.45, 2.75) is 0 Å². The Hall–Kier alpha value is -2.90. The lowest BCUT2D eigenvalue weighted by molar-refractivity contribution is 1.15. The Kier molecular flexibility index (Phi) is 4.22. The smallest absolute Gasteiger partial charge is 0.223 e. The third kappa shape index (κ3) is 2.87. The summed E-state index contributed by atoms with van der Waals surface area (Å²) in [5.74, 6) is 0.442. The summed E-state index contributed by atoms with van der Waals surface area (Å²) in [6.45, 7) is 0. The second kappa shape index (κ2) is 6.47. The highest BCUT2D eigenvalue weighted by atomic mass is 35.5. The highest BCUT2D eigenvalue weighted by Gasteiger charge is 2.18. The van der Waals surface area contributed by atoms with E-state index in [4.69, 9.17) is 11.6 Å². The molecule has 23 heavy (non-hydrogen) atoms. The van der Waals surface area contributed by atoms with E-state index in [1.807, 2.05) is 48.5 Å². The molecule has 0 saturated heterocycles. The summed E-state index contributed by atoms with van der Waals surface area (Å²) in [7, 11) is 1.74. The van der Waals surface area contributed by atoms with Crippen LogP contribution in [0.5, 0.6) is 0 Å². The summed E-state index contributed by atoms with van der Waals surface area (Å²) < 4.78 is 0. The number of halogens is 1. The fourth-order valence-corrected chi connectivity index (χ4v) is 2.56. The molecule has 0 aliphatic heterocycles. The Morgan fingerprint density at radius 3 is 2.26 bits per heavy atom. The van der Waals surface area contributed by atoms with Gasteiger partial charge in [0.1, 0.15) is 11.6 Å². The number of benzene rings is 2. The minimum atomic E-state index is 0.406. The molecule has 4 nitrogen and oxygen atoms in total. The van der Waals surface area contributed by atoms with Gasteiger partial charge in [-0.25, -0.2) is 9.97 Å². The van der Waals surface area contributed by atoms with Gasteiger partial charge in [0.2, 0.25) is 5.95 Å². The van der Waals surface area contributed by atoms with E-state index >= 15 is 0 Å². The predicted octanol–water partition coefficient (Wildman–Crippen LogP) is 4.38. The number of hydrogen-bond donors (Lipinski definition) is 1. The van der Waals surface area contributed by atoms with Crippen molar-refractivity contribution in [1.29, 1.82) is 5.26 Å². The van der Waals surface area contributed by atoms with Crippen molar-refractivity contribution in [3.05, 3.63) is 65.2 Å². The van der Waals surface area contributed by atoms with Crippen molar-refractivity contribution in [2.75, 3.05) is 12.4 Å². The van der Waals surface area contributed by atoms with Gasteiger partial charge in [-0.05, 0) is 6.07 Å². The highest BCUT2D eigenvalue weighted by molar-refractivity contribution is 6.33. The number of nitriles is 1. The average molecular weight is 321 g/mol. The van der Waals surface area contributed by atoms with Gasteiger partial charge in [0, 0.05) is 18.2 Å². The van der Waals surface area contributed by atoms with Gasteiger partial charge in [-0.15, -0.1) is 0 Å². The fraction of sp³-hybridized carbons (Fsp3) is 0.0556. The van der Waals surface area contributed by atoms with Gasteiger partial charge < -0.3 is 5.32 Å². The summed E-state index contributed by atoms with van der Waals surface area (Å²) in [5.41, 5.74) is 3.08. The molecular formula is C18H13ClN4. The zero-order chi connectivity index (χ0) is 16.2. The van der Waals surface area contributed by atoms with E-state index in [2.05, 4.69) is 21.4 Å². The molecule has 0 saturated carbocycles. The van der Waals surface area contributed by atoms with Gasteiger partial charge in [-0.1, -0.05) is 60.1 Å². The SMILES string of the molecule is CNc1nc(-c2ccccc2)c(C#N)c(-c2ccccc2Cl)n1. The molecule has 1 heterocycles. The topological polar surface area (TPSA) is 61.6 Å². The Bertz CT molecular complexity index is 885. The summed E-state index contributed by atoms with van der Waals surface area (Å²) in [6, 6.07) is 19.1. The van der Waals surface area contributed by atoms with Crippen LogP contribution in [0.2, 0.25) is 5.02 Å². The zero-order valence-electron chi connectivity index (χ0n) is 12.4. The minimum absolute atomic E-state index is 0.406. The van der Waals surface area contributed by atoms with E-state index < -0.39 is 0 Å². The largest absolute Gasteiger partial charge is 0.357 e. The maximum atomic E-state index is 9.68. The molecule has 0 spiro atoms. The molecule has 112 valence electrons. The molecule has 0 unspecified atom stereocenters. The maximum Gasteiger partial charge on any atom is 0.223 e. The van der Waals surface area contributed by atoms with Crippen molar-refractivity contribution < 1.29 is 0 Å². The number of nitrogens with zero attached hydrogens (tertiary/aromatic N) is 3. The van der Waals surface area contributed by atoms with Crippen LogP contribution in [0.3, 0.4) is 0 Å².